The second-order valence-electron chi connectivity index (χ2n) is 4.83. The van der Waals surface area contributed by atoms with Crippen LogP contribution in [0.1, 0.15) is 13.8 Å². The number of urea groups is 1. The summed E-state index contributed by atoms with van der Waals surface area (Å²) in [6.07, 6.45) is 0. The molecule has 10 heteroatoms. The van der Waals surface area contributed by atoms with Crippen LogP contribution in [0.25, 0.3) is 0 Å². The first-order chi connectivity index (χ1) is 9.45. The van der Waals surface area contributed by atoms with Crippen LogP contribution in [0.3, 0.4) is 0 Å². The maximum absolute atomic E-state index is 12.0. The first kappa shape index (κ1) is 14.7. The fourth-order valence-electron chi connectivity index (χ4n) is 1.81. The average Bonchev–Trinajstić information content (AvgIpc) is 2.88. The summed E-state index contributed by atoms with van der Waals surface area (Å²) in [6, 6.07) is -0.359. The summed E-state index contributed by atoms with van der Waals surface area (Å²) >= 11 is 1.38. The number of tetrazole rings is 1. The Labute approximate surface area is 120 Å². The maximum Gasteiger partial charge on any atom is 0.325 e. The number of amides is 3. The van der Waals surface area contributed by atoms with Gasteiger partial charge in [-0.25, -0.2) is 9.48 Å². The smallest absolute Gasteiger partial charge is 0.325 e. The highest BCUT2D eigenvalue weighted by Crippen LogP contribution is 2.19. The van der Waals surface area contributed by atoms with Crippen molar-refractivity contribution in [3.63, 3.8) is 0 Å². The number of hydrogen-bond donors (Lipinski definition) is 2. The van der Waals surface area contributed by atoms with Crippen molar-refractivity contribution in [2.75, 3.05) is 18.8 Å². The van der Waals surface area contributed by atoms with Crippen LogP contribution in [0, 0.1) is 0 Å². The Morgan fingerprint density at radius 2 is 2.10 bits per heavy atom. The van der Waals surface area contributed by atoms with Gasteiger partial charge in [0.2, 0.25) is 5.16 Å². The summed E-state index contributed by atoms with van der Waals surface area (Å²) in [4.78, 5) is 24.9. The van der Waals surface area contributed by atoms with Gasteiger partial charge in [-0.15, -0.1) is 5.10 Å². The number of imide groups is 1. The molecule has 0 saturated carbocycles. The number of carbonyl (C=O) groups excluding carboxylic acids is 2. The van der Waals surface area contributed by atoms with Gasteiger partial charge < -0.3 is 11.1 Å². The highest BCUT2D eigenvalue weighted by atomic mass is 32.2. The summed E-state index contributed by atoms with van der Waals surface area (Å²) in [5, 5.41) is 14.5. The summed E-state index contributed by atoms with van der Waals surface area (Å²) in [5.74, 6) is 0.310. The molecule has 0 spiro atoms. The Morgan fingerprint density at radius 3 is 2.70 bits per heavy atom. The quantitative estimate of drug-likeness (QED) is 0.513. The lowest BCUT2D eigenvalue weighted by Gasteiger charge is -2.15. The number of hydrogen-bond acceptors (Lipinski definition) is 7. The lowest BCUT2D eigenvalue weighted by molar-refractivity contribution is -0.130. The molecule has 1 fully saturated rings. The van der Waals surface area contributed by atoms with Gasteiger partial charge in [-0.3, -0.25) is 9.69 Å². The lowest BCUT2D eigenvalue weighted by atomic mass is 10.1. The van der Waals surface area contributed by atoms with Crippen molar-refractivity contribution in [3.8, 4) is 0 Å². The zero-order chi connectivity index (χ0) is 14.8. The molecule has 0 atom stereocenters. The highest BCUT2D eigenvalue weighted by molar-refractivity contribution is 7.99. The molecule has 2 heterocycles. The van der Waals surface area contributed by atoms with E-state index in [1.807, 2.05) is 0 Å². The molecule has 1 aromatic rings. The minimum atomic E-state index is -0.830. The van der Waals surface area contributed by atoms with Gasteiger partial charge in [0.1, 0.15) is 5.54 Å². The molecule has 0 radical (unpaired) electrons. The van der Waals surface area contributed by atoms with Crippen molar-refractivity contribution < 1.29 is 9.59 Å². The molecular formula is C10H17N7O2S. The molecule has 0 aliphatic carbocycles. The highest BCUT2D eigenvalue weighted by Gasteiger charge is 2.43. The normalized spacial score (nSPS) is 17.6. The number of rotatable bonds is 6. The molecule has 1 saturated heterocycles. The fourth-order valence-corrected chi connectivity index (χ4v) is 2.64. The number of nitrogens with zero attached hydrogens (tertiary/aromatic N) is 5. The molecule has 0 aromatic carbocycles. The molecule has 2 rings (SSSR count). The molecular weight excluding hydrogens is 282 g/mol. The first-order valence-electron chi connectivity index (χ1n) is 6.19. The number of carbonyl (C=O) groups is 2. The van der Waals surface area contributed by atoms with Crippen molar-refractivity contribution in [1.82, 2.24) is 30.4 Å². The van der Waals surface area contributed by atoms with Crippen LogP contribution in [0.5, 0.6) is 0 Å². The number of nitrogens with two attached hydrogens (primary N) is 1. The van der Waals surface area contributed by atoms with Crippen molar-refractivity contribution in [2.45, 2.75) is 31.1 Å². The fraction of sp³-hybridized carbons (Fsp3) is 0.700. The van der Waals surface area contributed by atoms with Gasteiger partial charge in [-0.05, 0) is 24.3 Å². The van der Waals surface area contributed by atoms with Gasteiger partial charge in [0.05, 0.1) is 6.54 Å². The molecule has 1 aliphatic rings. The molecule has 110 valence electrons. The Balaban J connectivity index is 1.89. The minimum absolute atomic E-state index is 0.218. The van der Waals surface area contributed by atoms with E-state index in [0.717, 1.165) is 0 Å². The molecule has 1 aliphatic heterocycles. The van der Waals surface area contributed by atoms with Crippen molar-refractivity contribution in [2.24, 2.45) is 5.73 Å². The molecule has 1 aromatic heterocycles. The van der Waals surface area contributed by atoms with E-state index in [2.05, 4.69) is 20.8 Å². The summed E-state index contributed by atoms with van der Waals surface area (Å²) in [5.41, 5.74) is 4.62. The van der Waals surface area contributed by atoms with Crippen LogP contribution in [-0.2, 0) is 11.3 Å². The van der Waals surface area contributed by atoms with Gasteiger partial charge in [0, 0.05) is 18.8 Å². The van der Waals surface area contributed by atoms with Gasteiger partial charge in [0.25, 0.3) is 5.91 Å². The standard InChI is InChI=1S/C10H17N7O2S/c1-10(2)7(18)16(8(19)12-10)5-6-20-9-13-14-15-17(9)4-3-11/h3-6,11H2,1-2H3,(H,12,19). The third-order valence-electron chi connectivity index (χ3n) is 2.83. The summed E-state index contributed by atoms with van der Waals surface area (Å²) in [7, 11) is 0. The van der Waals surface area contributed by atoms with E-state index >= 15 is 0 Å². The molecule has 20 heavy (non-hydrogen) atoms. The lowest BCUT2D eigenvalue weighted by Crippen LogP contribution is -2.40. The van der Waals surface area contributed by atoms with E-state index in [4.69, 9.17) is 5.73 Å². The summed E-state index contributed by atoms with van der Waals surface area (Å²) in [6.45, 7) is 4.66. The number of nitrogens with one attached hydrogen (secondary N) is 1. The Bertz CT molecular complexity index is 515. The third kappa shape index (κ3) is 2.90. The topological polar surface area (TPSA) is 119 Å². The predicted octanol–water partition coefficient (Wildman–Crippen LogP) is -0.946. The van der Waals surface area contributed by atoms with Crippen LogP contribution in [0.2, 0.25) is 0 Å². The van der Waals surface area contributed by atoms with Crippen LogP contribution in [-0.4, -0.2) is 61.4 Å². The molecule has 3 amide bonds. The van der Waals surface area contributed by atoms with E-state index in [1.54, 1.807) is 18.5 Å². The second kappa shape index (κ2) is 5.75. The van der Waals surface area contributed by atoms with Crippen molar-refractivity contribution >= 4 is 23.7 Å². The first-order valence-corrected chi connectivity index (χ1v) is 7.17. The van der Waals surface area contributed by atoms with Gasteiger partial charge in [0.15, 0.2) is 0 Å². The predicted molar refractivity (Wildman–Crippen MR) is 71.9 cm³/mol. The van der Waals surface area contributed by atoms with E-state index in [1.165, 1.54) is 16.7 Å². The third-order valence-corrected chi connectivity index (χ3v) is 3.77. The SMILES string of the molecule is CC1(C)NC(=O)N(CCSc2nnnn2CCN)C1=O. The number of thioether (sulfide) groups is 1. The van der Waals surface area contributed by atoms with Crippen LogP contribution in [0.4, 0.5) is 4.79 Å². The van der Waals surface area contributed by atoms with E-state index in [0.29, 0.717) is 30.5 Å². The van der Waals surface area contributed by atoms with Crippen molar-refractivity contribution in [3.05, 3.63) is 0 Å². The maximum atomic E-state index is 12.0. The van der Waals surface area contributed by atoms with E-state index in [-0.39, 0.29) is 11.9 Å². The van der Waals surface area contributed by atoms with E-state index in [9.17, 15) is 9.59 Å². The largest absolute Gasteiger partial charge is 0.329 e. The molecule has 0 bridgehead atoms. The zero-order valence-corrected chi connectivity index (χ0v) is 12.2. The van der Waals surface area contributed by atoms with Crippen LogP contribution in [0.15, 0.2) is 5.16 Å². The van der Waals surface area contributed by atoms with Gasteiger partial charge >= 0.3 is 6.03 Å². The summed E-state index contributed by atoms with van der Waals surface area (Å²) < 4.78 is 1.60. The zero-order valence-electron chi connectivity index (χ0n) is 11.4. The Kier molecular flexibility index (Phi) is 4.23. The van der Waals surface area contributed by atoms with Crippen LogP contribution >= 0.6 is 11.8 Å². The number of aromatic nitrogens is 4. The minimum Gasteiger partial charge on any atom is -0.329 e. The Hall–Kier alpha value is -1.68. The molecule has 9 nitrogen and oxygen atoms in total. The molecule has 0 unspecified atom stereocenters. The van der Waals surface area contributed by atoms with Crippen molar-refractivity contribution in [1.29, 1.82) is 0 Å². The second-order valence-corrected chi connectivity index (χ2v) is 5.90. The van der Waals surface area contributed by atoms with E-state index < -0.39 is 5.54 Å². The monoisotopic (exact) mass is 299 g/mol. The van der Waals surface area contributed by atoms with Gasteiger partial charge in [-0.1, -0.05) is 11.8 Å². The average molecular weight is 299 g/mol. The Morgan fingerprint density at radius 1 is 1.35 bits per heavy atom. The van der Waals surface area contributed by atoms with Gasteiger partial charge in [-0.2, -0.15) is 0 Å². The van der Waals surface area contributed by atoms with Crippen LogP contribution < -0.4 is 11.1 Å². The molecule has 3 N–H and O–H groups in total.